The van der Waals surface area contributed by atoms with E-state index in [9.17, 15) is 0 Å². The number of hydrazone groups is 1. The summed E-state index contributed by atoms with van der Waals surface area (Å²) in [6, 6.07) is 12.3. The van der Waals surface area contributed by atoms with E-state index in [0.717, 1.165) is 78.7 Å². The average molecular weight is 425 g/mol. The van der Waals surface area contributed by atoms with Crippen molar-refractivity contribution in [2.75, 3.05) is 52.5 Å². The molecule has 0 radical (unpaired) electrons. The Morgan fingerprint density at radius 3 is 1.45 bits per heavy atom. The Bertz CT molecular complexity index is 820. The summed E-state index contributed by atoms with van der Waals surface area (Å²) >= 11 is 0. The Balaban J connectivity index is 1.71. The number of benzene rings is 2. The van der Waals surface area contributed by atoms with E-state index in [1.165, 1.54) is 0 Å². The Kier molecular flexibility index (Phi) is 8.32. The Morgan fingerprint density at radius 2 is 1.10 bits per heavy atom. The summed E-state index contributed by atoms with van der Waals surface area (Å²) in [5.41, 5.74) is 5.07. The lowest BCUT2D eigenvalue weighted by atomic mass is 10.1. The number of ether oxygens (including phenoxy) is 2. The lowest BCUT2D eigenvalue weighted by molar-refractivity contribution is 0.223. The smallest absolute Gasteiger partial charge is 0.120 e. The number of hydrogen-bond acceptors (Lipinski definition) is 6. The van der Waals surface area contributed by atoms with E-state index in [0.29, 0.717) is 13.2 Å². The molecule has 0 atom stereocenters. The van der Waals surface area contributed by atoms with Gasteiger partial charge < -0.3 is 25.1 Å². The molecule has 0 heterocycles. The van der Waals surface area contributed by atoms with Crippen molar-refractivity contribution in [3.8, 4) is 22.6 Å². The zero-order valence-corrected chi connectivity index (χ0v) is 19.4. The Labute approximate surface area is 186 Å². The number of nitrogens with zero attached hydrogens (tertiary/aromatic N) is 3. The fraction of sp³-hybridized carbons (Fsp3) is 0.480. The second kappa shape index (κ2) is 11.2. The molecule has 0 aromatic heterocycles. The SMILES string of the molecule is CCN(CC)CCOc1ccc2c(c1)C(=NN)c1cc(OCCN(CC)CC)ccc1-2. The molecule has 6 nitrogen and oxygen atoms in total. The van der Waals surface area contributed by atoms with Crippen molar-refractivity contribution in [1.29, 1.82) is 0 Å². The minimum atomic E-state index is 0.660. The highest BCUT2D eigenvalue weighted by Gasteiger charge is 2.26. The van der Waals surface area contributed by atoms with Crippen molar-refractivity contribution in [3.63, 3.8) is 0 Å². The van der Waals surface area contributed by atoms with Gasteiger partial charge in [-0.1, -0.05) is 27.7 Å². The maximum atomic E-state index is 6.01. The van der Waals surface area contributed by atoms with E-state index < -0.39 is 0 Å². The lowest BCUT2D eigenvalue weighted by Gasteiger charge is -2.18. The van der Waals surface area contributed by atoms with Crippen LogP contribution < -0.4 is 15.3 Å². The van der Waals surface area contributed by atoms with E-state index in [4.69, 9.17) is 15.3 Å². The number of fused-ring (bicyclic) bond motifs is 3. The van der Waals surface area contributed by atoms with E-state index in [1.54, 1.807) is 0 Å². The van der Waals surface area contributed by atoms with E-state index in [2.05, 4.69) is 54.7 Å². The van der Waals surface area contributed by atoms with Crippen LogP contribution in [0.3, 0.4) is 0 Å². The lowest BCUT2D eigenvalue weighted by Crippen LogP contribution is -2.27. The molecule has 2 aromatic rings. The molecule has 0 aliphatic heterocycles. The van der Waals surface area contributed by atoms with Crippen LogP contribution >= 0.6 is 0 Å². The average Bonchev–Trinajstić information content (AvgIpc) is 3.11. The molecule has 0 saturated heterocycles. The molecular weight excluding hydrogens is 388 g/mol. The van der Waals surface area contributed by atoms with Gasteiger partial charge in [-0.3, -0.25) is 0 Å². The number of nitrogens with two attached hydrogens (primary N) is 1. The minimum Gasteiger partial charge on any atom is -0.492 e. The summed E-state index contributed by atoms with van der Waals surface area (Å²) in [5, 5.41) is 4.11. The first-order valence-electron chi connectivity index (χ1n) is 11.4. The standard InChI is InChI=1S/C25H36N4O2/c1-5-28(6-2)13-15-30-19-9-11-21-22-12-10-20(31-16-14-29(7-3)8-4)18-24(22)25(27-26)23(21)17-19/h9-12,17-18H,5-8,13-16,26H2,1-4H3. The van der Waals surface area contributed by atoms with Gasteiger partial charge in [0, 0.05) is 24.2 Å². The highest BCUT2D eigenvalue weighted by Crippen LogP contribution is 2.40. The molecule has 0 spiro atoms. The van der Waals surface area contributed by atoms with Gasteiger partial charge >= 0.3 is 0 Å². The van der Waals surface area contributed by atoms with Crippen LogP contribution in [-0.2, 0) is 0 Å². The number of rotatable bonds is 12. The van der Waals surface area contributed by atoms with Gasteiger partial charge in [-0.25, -0.2) is 0 Å². The van der Waals surface area contributed by atoms with Gasteiger partial charge in [-0.05, 0) is 73.7 Å². The van der Waals surface area contributed by atoms with Gasteiger partial charge in [0.25, 0.3) is 0 Å². The van der Waals surface area contributed by atoms with Crippen molar-refractivity contribution in [2.45, 2.75) is 27.7 Å². The Morgan fingerprint density at radius 1 is 0.677 bits per heavy atom. The fourth-order valence-electron chi connectivity index (χ4n) is 4.04. The van der Waals surface area contributed by atoms with Gasteiger partial charge in [-0.2, -0.15) is 5.10 Å². The summed E-state index contributed by atoms with van der Waals surface area (Å²) < 4.78 is 12.0. The van der Waals surface area contributed by atoms with Crippen molar-refractivity contribution < 1.29 is 9.47 Å². The van der Waals surface area contributed by atoms with Crippen molar-refractivity contribution >= 4 is 5.71 Å². The molecule has 2 N–H and O–H groups in total. The summed E-state index contributed by atoms with van der Waals surface area (Å²) in [4.78, 5) is 4.69. The number of likely N-dealkylation sites (N-methyl/N-ethyl adjacent to an activating group) is 2. The van der Waals surface area contributed by atoms with Crippen molar-refractivity contribution in [3.05, 3.63) is 47.5 Å². The molecule has 0 saturated carbocycles. The van der Waals surface area contributed by atoms with Crippen molar-refractivity contribution in [1.82, 2.24) is 9.80 Å². The summed E-state index contributed by atoms with van der Waals surface area (Å²) in [6.45, 7) is 15.9. The van der Waals surface area contributed by atoms with Crippen molar-refractivity contribution in [2.24, 2.45) is 10.9 Å². The number of hydrogen-bond donors (Lipinski definition) is 1. The van der Waals surface area contributed by atoms with Gasteiger partial charge in [-0.15, -0.1) is 0 Å². The van der Waals surface area contributed by atoms with Crippen LogP contribution in [0.2, 0.25) is 0 Å². The molecule has 0 fully saturated rings. The maximum Gasteiger partial charge on any atom is 0.120 e. The van der Waals surface area contributed by atoms with E-state index in [-0.39, 0.29) is 0 Å². The van der Waals surface area contributed by atoms with Gasteiger partial charge in [0.05, 0.1) is 5.71 Å². The predicted octanol–water partition coefficient (Wildman–Crippen LogP) is 3.82. The minimum absolute atomic E-state index is 0.660. The first-order valence-corrected chi connectivity index (χ1v) is 11.4. The molecule has 2 aromatic carbocycles. The molecule has 0 amide bonds. The highest BCUT2D eigenvalue weighted by atomic mass is 16.5. The second-order valence-corrected chi connectivity index (χ2v) is 7.64. The molecule has 1 aliphatic carbocycles. The third-order valence-electron chi connectivity index (χ3n) is 6.05. The maximum absolute atomic E-state index is 6.01. The summed E-state index contributed by atoms with van der Waals surface area (Å²) in [7, 11) is 0. The van der Waals surface area contributed by atoms with Gasteiger partial charge in [0.1, 0.15) is 24.7 Å². The molecular formula is C25H36N4O2. The molecule has 31 heavy (non-hydrogen) atoms. The topological polar surface area (TPSA) is 63.3 Å². The van der Waals surface area contributed by atoms with E-state index >= 15 is 0 Å². The molecule has 6 heteroatoms. The molecule has 168 valence electrons. The third-order valence-corrected chi connectivity index (χ3v) is 6.05. The molecule has 3 rings (SSSR count). The van der Waals surface area contributed by atoms with Crippen LogP contribution in [0.15, 0.2) is 41.5 Å². The largest absolute Gasteiger partial charge is 0.492 e. The summed E-state index contributed by atoms with van der Waals surface area (Å²) in [6.07, 6.45) is 0. The second-order valence-electron chi connectivity index (χ2n) is 7.64. The molecule has 0 bridgehead atoms. The molecule has 0 unspecified atom stereocenters. The Hall–Kier alpha value is -2.57. The van der Waals surface area contributed by atoms with E-state index in [1.807, 2.05) is 24.3 Å². The molecule has 1 aliphatic rings. The van der Waals surface area contributed by atoms with Crippen LogP contribution in [0, 0.1) is 0 Å². The third kappa shape index (κ3) is 5.38. The first-order chi connectivity index (χ1) is 15.1. The van der Waals surface area contributed by atoms with Crippen LogP contribution in [0.4, 0.5) is 0 Å². The van der Waals surface area contributed by atoms with Gasteiger partial charge in [0.15, 0.2) is 0 Å². The first kappa shape index (κ1) is 23.1. The summed E-state index contributed by atoms with van der Waals surface area (Å²) in [5.74, 6) is 7.49. The quantitative estimate of drug-likeness (QED) is 0.354. The van der Waals surface area contributed by atoms with Crippen LogP contribution in [0.25, 0.3) is 11.1 Å². The zero-order chi connectivity index (χ0) is 22.2. The van der Waals surface area contributed by atoms with Crippen LogP contribution in [-0.4, -0.2) is 68.0 Å². The predicted molar refractivity (Wildman–Crippen MR) is 128 cm³/mol. The highest BCUT2D eigenvalue weighted by molar-refractivity contribution is 6.24. The monoisotopic (exact) mass is 424 g/mol. The van der Waals surface area contributed by atoms with Crippen LogP contribution in [0.1, 0.15) is 38.8 Å². The normalized spacial score (nSPS) is 12.3. The fourth-order valence-corrected chi connectivity index (χ4v) is 4.04. The van der Waals surface area contributed by atoms with Gasteiger partial charge in [0.2, 0.25) is 0 Å². The zero-order valence-electron chi connectivity index (χ0n) is 19.4. The van der Waals surface area contributed by atoms with Crippen LogP contribution in [0.5, 0.6) is 11.5 Å².